The number of nitrogens with zero attached hydrogens (tertiary/aromatic N) is 1. The lowest BCUT2D eigenvalue weighted by Gasteiger charge is -2.18. The molecule has 0 radical (unpaired) electrons. The third kappa shape index (κ3) is 3.63. The summed E-state index contributed by atoms with van der Waals surface area (Å²) in [7, 11) is 0. The lowest BCUT2D eigenvalue weighted by molar-refractivity contribution is 0.236. The normalized spacial score (nSPS) is 16.4. The number of halogens is 1. The van der Waals surface area contributed by atoms with Gasteiger partial charge in [-0.05, 0) is 55.6 Å². The van der Waals surface area contributed by atoms with Crippen LogP contribution in [0.1, 0.15) is 38.2 Å². The Hall–Kier alpha value is -0.730. The molecule has 3 heteroatoms. The van der Waals surface area contributed by atoms with E-state index in [9.17, 15) is 0 Å². The molecule has 2 nitrogen and oxygen atoms in total. The molecule has 0 saturated carbocycles. The van der Waals surface area contributed by atoms with Crippen molar-refractivity contribution in [2.45, 2.75) is 32.6 Å². The molecule has 100 valence electrons. The van der Waals surface area contributed by atoms with E-state index < -0.39 is 0 Å². The molecule has 0 atom stereocenters. The molecule has 0 N–H and O–H groups in total. The summed E-state index contributed by atoms with van der Waals surface area (Å²) in [6, 6.07) is 5.90. The molecule has 18 heavy (non-hydrogen) atoms. The molecule has 1 saturated heterocycles. The summed E-state index contributed by atoms with van der Waals surface area (Å²) in [5.74, 6) is 1.42. The Morgan fingerprint density at radius 3 is 2.67 bits per heavy atom. The van der Waals surface area contributed by atoms with E-state index >= 15 is 0 Å². The van der Waals surface area contributed by atoms with Crippen LogP contribution in [0, 0.1) is 0 Å². The van der Waals surface area contributed by atoms with Crippen molar-refractivity contribution in [1.82, 2.24) is 4.90 Å². The summed E-state index contributed by atoms with van der Waals surface area (Å²) in [5.41, 5.74) is 1.20. The van der Waals surface area contributed by atoms with Gasteiger partial charge in [0, 0.05) is 11.6 Å². The second kappa shape index (κ2) is 6.44. The topological polar surface area (TPSA) is 12.5 Å². The first-order chi connectivity index (χ1) is 8.66. The van der Waals surface area contributed by atoms with Crippen LogP contribution in [0.4, 0.5) is 0 Å². The van der Waals surface area contributed by atoms with E-state index in [1.807, 2.05) is 18.2 Å². The molecule has 0 aliphatic carbocycles. The standard InChI is InChI=1S/C15H22ClNO/c1-12(2)14-11-13(16)5-6-15(14)18-10-9-17-7-3-4-8-17/h5-6,11-12H,3-4,7-10H2,1-2H3. The lowest BCUT2D eigenvalue weighted by Crippen LogP contribution is -2.25. The number of likely N-dealkylation sites (tertiary alicyclic amines) is 1. The maximum absolute atomic E-state index is 6.03. The average molecular weight is 268 g/mol. The fourth-order valence-corrected chi connectivity index (χ4v) is 2.57. The Bertz CT molecular complexity index is 386. The Morgan fingerprint density at radius 1 is 1.28 bits per heavy atom. The molecule has 0 bridgehead atoms. The van der Waals surface area contributed by atoms with Crippen LogP contribution < -0.4 is 4.74 Å². The van der Waals surface area contributed by atoms with Crippen LogP contribution in [0.15, 0.2) is 18.2 Å². The van der Waals surface area contributed by atoms with Gasteiger partial charge in [0.1, 0.15) is 12.4 Å². The minimum atomic E-state index is 0.436. The zero-order valence-electron chi connectivity index (χ0n) is 11.3. The van der Waals surface area contributed by atoms with Crippen molar-refractivity contribution in [3.63, 3.8) is 0 Å². The van der Waals surface area contributed by atoms with Crippen LogP contribution in [-0.4, -0.2) is 31.1 Å². The number of hydrogen-bond acceptors (Lipinski definition) is 2. The largest absolute Gasteiger partial charge is 0.492 e. The first-order valence-electron chi connectivity index (χ1n) is 6.81. The molecule has 0 spiro atoms. The first kappa shape index (κ1) is 13.7. The average Bonchev–Trinajstić information content (AvgIpc) is 2.84. The van der Waals surface area contributed by atoms with Crippen LogP contribution in [-0.2, 0) is 0 Å². The van der Waals surface area contributed by atoms with Crippen molar-refractivity contribution in [2.24, 2.45) is 0 Å². The summed E-state index contributed by atoms with van der Waals surface area (Å²) >= 11 is 6.03. The van der Waals surface area contributed by atoms with Gasteiger partial charge >= 0.3 is 0 Å². The Morgan fingerprint density at radius 2 is 2.00 bits per heavy atom. The highest BCUT2D eigenvalue weighted by molar-refractivity contribution is 6.30. The molecular formula is C15H22ClNO. The maximum atomic E-state index is 6.03. The number of hydrogen-bond donors (Lipinski definition) is 0. The molecule has 1 heterocycles. The van der Waals surface area contributed by atoms with Crippen LogP contribution >= 0.6 is 11.6 Å². The summed E-state index contributed by atoms with van der Waals surface area (Å²) in [4.78, 5) is 2.46. The van der Waals surface area contributed by atoms with Gasteiger partial charge in [0.2, 0.25) is 0 Å². The van der Waals surface area contributed by atoms with Gasteiger partial charge in [0.25, 0.3) is 0 Å². The molecule has 0 aromatic heterocycles. The summed E-state index contributed by atoms with van der Waals surface area (Å²) in [6.45, 7) is 8.57. The highest BCUT2D eigenvalue weighted by Gasteiger charge is 2.12. The van der Waals surface area contributed by atoms with Crippen molar-refractivity contribution in [1.29, 1.82) is 0 Å². The van der Waals surface area contributed by atoms with Gasteiger partial charge in [0.05, 0.1) is 0 Å². The third-order valence-corrected chi connectivity index (χ3v) is 3.69. The predicted octanol–water partition coefficient (Wildman–Crippen LogP) is 3.94. The van der Waals surface area contributed by atoms with Crippen molar-refractivity contribution in [3.8, 4) is 5.75 Å². The zero-order chi connectivity index (χ0) is 13.0. The number of ether oxygens (including phenoxy) is 1. The van der Waals surface area contributed by atoms with Crippen molar-refractivity contribution in [3.05, 3.63) is 28.8 Å². The fourth-order valence-electron chi connectivity index (χ4n) is 2.39. The van der Waals surface area contributed by atoms with Crippen LogP contribution in [0.25, 0.3) is 0 Å². The van der Waals surface area contributed by atoms with Gasteiger partial charge in [-0.25, -0.2) is 0 Å². The Labute approximate surface area is 115 Å². The minimum absolute atomic E-state index is 0.436. The van der Waals surface area contributed by atoms with E-state index in [-0.39, 0.29) is 0 Å². The lowest BCUT2D eigenvalue weighted by atomic mass is 10.0. The number of benzene rings is 1. The molecule has 1 aromatic carbocycles. The Kier molecular flexibility index (Phi) is 4.90. The SMILES string of the molecule is CC(C)c1cc(Cl)ccc1OCCN1CCCC1. The van der Waals surface area contributed by atoms with Crippen molar-refractivity contribution in [2.75, 3.05) is 26.2 Å². The first-order valence-corrected chi connectivity index (χ1v) is 7.19. The molecular weight excluding hydrogens is 246 g/mol. The maximum Gasteiger partial charge on any atom is 0.122 e. The van der Waals surface area contributed by atoms with Crippen molar-refractivity contribution < 1.29 is 4.74 Å². The quantitative estimate of drug-likeness (QED) is 0.801. The second-order valence-electron chi connectivity index (χ2n) is 5.23. The molecule has 0 unspecified atom stereocenters. The fraction of sp³-hybridized carbons (Fsp3) is 0.600. The molecule has 1 aliphatic heterocycles. The minimum Gasteiger partial charge on any atom is -0.492 e. The van der Waals surface area contributed by atoms with Gasteiger partial charge in [-0.2, -0.15) is 0 Å². The van der Waals surface area contributed by atoms with Gasteiger partial charge in [-0.1, -0.05) is 25.4 Å². The summed E-state index contributed by atoms with van der Waals surface area (Å²) in [6.07, 6.45) is 2.66. The summed E-state index contributed by atoms with van der Waals surface area (Å²) < 4.78 is 5.92. The van der Waals surface area contributed by atoms with E-state index in [1.54, 1.807) is 0 Å². The smallest absolute Gasteiger partial charge is 0.122 e. The van der Waals surface area contributed by atoms with Gasteiger partial charge in [-0.3, -0.25) is 4.90 Å². The van der Waals surface area contributed by atoms with Gasteiger partial charge in [-0.15, -0.1) is 0 Å². The molecule has 1 aliphatic rings. The highest BCUT2D eigenvalue weighted by Crippen LogP contribution is 2.29. The molecule has 2 rings (SSSR count). The van der Waals surface area contributed by atoms with E-state index in [1.165, 1.54) is 31.5 Å². The van der Waals surface area contributed by atoms with E-state index in [0.717, 1.165) is 23.9 Å². The number of rotatable bonds is 5. The predicted molar refractivity (Wildman–Crippen MR) is 76.7 cm³/mol. The van der Waals surface area contributed by atoms with E-state index in [2.05, 4.69) is 18.7 Å². The van der Waals surface area contributed by atoms with Crippen molar-refractivity contribution >= 4 is 11.6 Å². The Balaban J connectivity index is 1.91. The van der Waals surface area contributed by atoms with Crippen LogP contribution in [0.5, 0.6) is 5.75 Å². The zero-order valence-corrected chi connectivity index (χ0v) is 12.0. The monoisotopic (exact) mass is 267 g/mol. The van der Waals surface area contributed by atoms with Crippen LogP contribution in [0.3, 0.4) is 0 Å². The molecule has 1 aromatic rings. The second-order valence-corrected chi connectivity index (χ2v) is 5.67. The van der Waals surface area contributed by atoms with Gasteiger partial charge in [0.15, 0.2) is 0 Å². The summed E-state index contributed by atoms with van der Waals surface area (Å²) in [5, 5.41) is 0.783. The highest BCUT2D eigenvalue weighted by atomic mass is 35.5. The van der Waals surface area contributed by atoms with Crippen LogP contribution in [0.2, 0.25) is 5.02 Å². The third-order valence-electron chi connectivity index (χ3n) is 3.46. The van der Waals surface area contributed by atoms with E-state index in [0.29, 0.717) is 5.92 Å². The van der Waals surface area contributed by atoms with Gasteiger partial charge < -0.3 is 4.74 Å². The van der Waals surface area contributed by atoms with E-state index in [4.69, 9.17) is 16.3 Å². The molecule has 0 amide bonds. The molecule has 1 fully saturated rings.